The minimum absolute atomic E-state index is 0.0736. The molecule has 0 aliphatic carbocycles. The molecular weight excluding hydrogens is 413 g/mol. The van der Waals surface area contributed by atoms with Crippen LogP contribution in [0.4, 0.5) is 19.0 Å². The third-order valence-electron chi connectivity index (χ3n) is 4.59. The van der Waals surface area contributed by atoms with Crippen molar-refractivity contribution in [3.8, 4) is 0 Å². The Bertz CT molecular complexity index is 1110. The molecule has 6 nitrogen and oxygen atoms in total. The number of piperazine rings is 1. The molecule has 3 aromatic rings. The lowest BCUT2D eigenvalue weighted by atomic mass is 10.2. The molecule has 1 fully saturated rings. The summed E-state index contributed by atoms with van der Waals surface area (Å²) in [5.74, 6) is 0.707. The van der Waals surface area contributed by atoms with E-state index in [1.54, 1.807) is 0 Å². The molecule has 0 radical (unpaired) electrons. The zero-order chi connectivity index (χ0) is 19.9. The number of aromatic nitrogens is 2. The first-order chi connectivity index (χ1) is 13.3. The molecule has 4 rings (SSSR count). The maximum atomic E-state index is 13.2. The highest BCUT2D eigenvalue weighted by Gasteiger charge is 2.39. The summed E-state index contributed by atoms with van der Waals surface area (Å²) in [5, 5.41) is 2.78. The SMILES string of the molecule is O=S(=O)(c1ccccc1C(F)(F)F)N1CCN(c2ncnc3sccc23)CC1. The van der Waals surface area contributed by atoms with Crippen molar-refractivity contribution in [1.82, 2.24) is 14.3 Å². The van der Waals surface area contributed by atoms with Gasteiger partial charge in [-0.2, -0.15) is 17.5 Å². The molecule has 1 aliphatic rings. The summed E-state index contributed by atoms with van der Waals surface area (Å²) in [7, 11) is -4.26. The van der Waals surface area contributed by atoms with Gasteiger partial charge in [0.05, 0.1) is 15.8 Å². The van der Waals surface area contributed by atoms with Gasteiger partial charge in [0.1, 0.15) is 17.0 Å². The van der Waals surface area contributed by atoms with Gasteiger partial charge in [-0.15, -0.1) is 11.3 Å². The second kappa shape index (κ2) is 6.98. The van der Waals surface area contributed by atoms with E-state index in [1.165, 1.54) is 29.8 Å². The van der Waals surface area contributed by atoms with Gasteiger partial charge in [0, 0.05) is 26.2 Å². The normalized spacial score (nSPS) is 16.6. The third kappa shape index (κ3) is 3.33. The molecule has 0 atom stereocenters. The summed E-state index contributed by atoms with van der Waals surface area (Å²) in [5.41, 5.74) is -1.15. The lowest BCUT2D eigenvalue weighted by molar-refractivity contribution is -0.139. The number of benzene rings is 1. The Labute approximate surface area is 163 Å². The van der Waals surface area contributed by atoms with Crippen LogP contribution in [0, 0.1) is 0 Å². The molecule has 0 spiro atoms. The van der Waals surface area contributed by atoms with Crippen LogP contribution < -0.4 is 4.90 Å². The van der Waals surface area contributed by atoms with Gasteiger partial charge in [-0.05, 0) is 23.6 Å². The molecule has 3 heterocycles. The molecule has 1 aliphatic heterocycles. The van der Waals surface area contributed by atoms with Crippen molar-refractivity contribution in [2.45, 2.75) is 11.1 Å². The lowest BCUT2D eigenvalue weighted by Crippen LogP contribution is -2.49. The van der Waals surface area contributed by atoms with Gasteiger partial charge >= 0.3 is 6.18 Å². The monoisotopic (exact) mass is 428 g/mol. The Morgan fingerprint density at radius 1 is 1.00 bits per heavy atom. The first-order valence-corrected chi connectivity index (χ1v) is 10.7. The van der Waals surface area contributed by atoms with Gasteiger partial charge < -0.3 is 4.90 Å². The van der Waals surface area contributed by atoms with Crippen LogP contribution in [-0.2, 0) is 16.2 Å². The van der Waals surface area contributed by atoms with Crippen LogP contribution in [0.3, 0.4) is 0 Å². The van der Waals surface area contributed by atoms with Gasteiger partial charge in [-0.25, -0.2) is 18.4 Å². The Balaban J connectivity index is 1.58. The Kier molecular flexibility index (Phi) is 4.76. The Morgan fingerprint density at radius 3 is 2.43 bits per heavy atom. The van der Waals surface area contributed by atoms with Crippen molar-refractivity contribution in [2.24, 2.45) is 0 Å². The molecule has 148 valence electrons. The smallest absolute Gasteiger partial charge is 0.353 e. The minimum atomic E-state index is -4.74. The van der Waals surface area contributed by atoms with Crippen molar-refractivity contribution < 1.29 is 21.6 Å². The maximum Gasteiger partial charge on any atom is 0.417 e. The zero-order valence-electron chi connectivity index (χ0n) is 14.4. The first kappa shape index (κ1) is 19.1. The molecular formula is C17H15F3N4O2S2. The summed E-state index contributed by atoms with van der Waals surface area (Å²) < 4.78 is 66.5. The van der Waals surface area contributed by atoms with E-state index in [0.717, 1.165) is 26.7 Å². The summed E-state index contributed by atoms with van der Waals surface area (Å²) >= 11 is 1.48. The average Bonchev–Trinajstić information content (AvgIpc) is 3.16. The topological polar surface area (TPSA) is 66.4 Å². The number of sulfonamides is 1. The van der Waals surface area contributed by atoms with Crippen LogP contribution in [-0.4, -0.2) is 48.9 Å². The lowest BCUT2D eigenvalue weighted by Gasteiger charge is -2.35. The van der Waals surface area contributed by atoms with Gasteiger partial charge in [0.25, 0.3) is 0 Å². The standard InChI is InChI=1S/C17H15F3N4O2S2/c18-17(19,20)13-3-1-2-4-14(13)28(25,26)24-8-6-23(7-9-24)15-12-5-10-27-16(12)22-11-21-15/h1-5,10-11H,6-9H2. The highest BCUT2D eigenvalue weighted by molar-refractivity contribution is 7.89. The molecule has 2 aromatic heterocycles. The molecule has 0 saturated carbocycles. The molecule has 0 amide bonds. The summed E-state index contributed by atoms with van der Waals surface area (Å²) in [6.07, 6.45) is -3.28. The highest BCUT2D eigenvalue weighted by Crippen LogP contribution is 2.35. The molecule has 1 saturated heterocycles. The average molecular weight is 428 g/mol. The van der Waals surface area contributed by atoms with Gasteiger partial charge in [-0.1, -0.05) is 12.1 Å². The Hall–Kier alpha value is -2.24. The van der Waals surface area contributed by atoms with Crippen molar-refractivity contribution in [3.05, 3.63) is 47.6 Å². The van der Waals surface area contributed by atoms with Crippen LogP contribution in [0.15, 0.2) is 46.9 Å². The van der Waals surface area contributed by atoms with Crippen LogP contribution in [0.5, 0.6) is 0 Å². The van der Waals surface area contributed by atoms with Gasteiger partial charge in [-0.3, -0.25) is 0 Å². The number of anilines is 1. The van der Waals surface area contributed by atoms with Crippen molar-refractivity contribution in [3.63, 3.8) is 0 Å². The van der Waals surface area contributed by atoms with E-state index in [0.29, 0.717) is 18.9 Å². The van der Waals surface area contributed by atoms with E-state index >= 15 is 0 Å². The molecule has 0 bridgehead atoms. The third-order valence-corrected chi connectivity index (χ3v) is 7.37. The second-order valence-corrected chi connectivity index (χ2v) is 9.02. The number of thiophene rings is 1. The number of fused-ring (bicyclic) bond motifs is 1. The Morgan fingerprint density at radius 2 is 1.71 bits per heavy atom. The van der Waals surface area contributed by atoms with Gasteiger partial charge in [0.15, 0.2) is 0 Å². The number of nitrogens with zero attached hydrogens (tertiary/aromatic N) is 4. The van der Waals surface area contributed by atoms with Crippen LogP contribution >= 0.6 is 11.3 Å². The zero-order valence-corrected chi connectivity index (χ0v) is 16.1. The van der Waals surface area contributed by atoms with E-state index in [4.69, 9.17) is 0 Å². The molecule has 0 N–H and O–H groups in total. The second-order valence-electron chi connectivity index (χ2n) is 6.22. The molecule has 1 aromatic carbocycles. The van der Waals surface area contributed by atoms with E-state index < -0.39 is 26.7 Å². The number of rotatable bonds is 3. The van der Waals surface area contributed by atoms with Gasteiger partial charge in [0.2, 0.25) is 10.0 Å². The van der Waals surface area contributed by atoms with Crippen LogP contribution in [0.25, 0.3) is 10.2 Å². The van der Waals surface area contributed by atoms with E-state index in [-0.39, 0.29) is 13.1 Å². The number of alkyl halides is 3. The van der Waals surface area contributed by atoms with Crippen molar-refractivity contribution in [2.75, 3.05) is 31.1 Å². The summed E-state index contributed by atoms with van der Waals surface area (Å²) in [6, 6.07) is 6.17. The van der Waals surface area contributed by atoms with Crippen LogP contribution in [0.2, 0.25) is 0 Å². The predicted molar refractivity (Wildman–Crippen MR) is 99.8 cm³/mol. The van der Waals surface area contributed by atoms with Crippen molar-refractivity contribution >= 4 is 37.4 Å². The van der Waals surface area contributed by atoms with Crippen LogP contribution in [0.1, 0.15) is 5.56 Å². The minimum Gasteiger partial charge on any atom is -0.353 e. The molecule has 0 unspecified atom stereocenters. The fourth-order valence-corrected chi connectivity index (χ4v) is 5.60. The van der Waals surface area contributed by atoms with E-state index in [1.807, 2.05) is 16.3 Å². The summed E-state index contributed by atoms with van der Waals surface area (Å²) in [4.78, 5) is 10.5. The molecule has 11 heteroatoms. The first-order valence-electron chi connectivity index (χ1n) is 8.38. The largest absolute Gasteiger partial charge is 0.417 e. The van der Waals surface area contributed by atoms with E-state index in [2.05, 4.69) is 9.97 Å². The van der Waals surface area contributed by atoms with Crippen molar-refractivity contribution in [1.29, 1.82) is 0 Å². The highest BCUT2D eigenvalue weighted by atomic mass is 32.2. The fourth-order valence-electron chi connectivity index (χ4n) is 3.23. The predicted octanol–water partition coefficient (Wildman–Crippen LogP) is 3.22. The maximum absolute atomic E-state index is 13.2. The van der Waals surface area contributed by atoms with E-state index in [9.17, 15) is 21.6 Å². The molecule has 28 heavy (non-hydrogen) atoms. The number of hydrogen-bond donors (Lipinski definition) is 0. The summed E-state index contributed by atoms with van der Waals surface area (Å²) in [6.45, 7) is 0.805. The fraction of sp³-hybridized carbons (Fsp3) is 0.294. The quantitative estimate of drug-likeness (QED) is 0.641. The number of hydrogen-bond acceptors (Lipinski definition) is 6. The number of halogens is 3.